The van der Waals surface area contributed by atoms with E-state index in [9.17, 15) is 0 Å². The minimum absolute atomic E-state index is 0.243. The van der Waals surface area contributed by atoms with Crippen LogP contribution in [0.3, 0.4) is 0 Å². The molecule has 0 aromatic carbocycles. The normalized spacial score (nSPS) is 18.2. The van der Waals surface area contributed by atoms with Gasteiger partial charge in [-0.05, 0) is 25.0 Å². The molecule has 0 amide bonds. The third kappa shape index (κ3) is 2.25. The van der Waals surface area contributed by atoms with E-state index >= 15 is 0 Å². The first-order valence-electron chi connectivity index (χ1n) is 4.53. The lowest BCUT2D eigenvalue weighted by atomic mass is 9.85. The van der Waals surface area contributed by atoms with Crippen molar-refractivity contribution in [1.29, 1.82) is 0 Å². The molecule has 13 heavy (non-hydrogen) atoms. The van der Waals surface area contributed by atoms with Crippen LogP contribution in [0.4, 0.5) is 0 Å². The number of nitrogens with two attached hydrogens (primary N) is 1. The maximum Gasteiger partial charge on any atom is 0.0931 e. The Morgan fingerprint density at radius 2 is 2.23 bits per heavy atom. The number of hydrogen-bond donors (Lipinski definition) is 1. The van der Waals surface area contributed by atoms with Crippen molar-refractivity contribution in [3.8, 4) is 0 Å². The zero-order chi connectivity index (χ0) is 10.1. The summed E-state index contributed by atoms with van der Waals surface area (Å²) in [6.07, 6.45) is 1.09. The van der Waals surface area contributed by atoms with Crippen LogP contribution in [0.15, 0.2) is 12.1 Å². The maximum atomic E-state index is 6.26. The highest BCUT2D eigenvalue weighted by molar-refractivity contribution is 7.16. The van der Waals surface area contributed by atoms with Crippen molar-refractivity contribution in [3.63, 3.8) is 0 Å². The zero-order valence-electron chi connectivity index (χ0n) is 8.30. The van der Waals surface area contributed by atoms with E-state index < -0.39 is 0 Å². The maximum absolute atomic E-state index is 6.26. The average Bonchev–Trinajstić information content (AvgIpc) is 2.50. The summed E-state index contributed by atoms with van der Waals surface area (Å²) in [5, 5.41) is 0. The van der Waals surface area contributed by atoms with Crippen LogP contribution in [0, 0.1) is 5.92 Å². The molecule has 0 aliphatic rings. The van der Waals surface area contributed by atoms with E-state index in [1.165, 1.54) is 4.88 Å². The molecular weight excluding hydrogens is 202 g/mol. The van der Waals surface area contributed by atoms with Crippen molar-refractivity contribution >= 4 is 22.9 Å². The van der Waals surface area contributed by atoms with Gasteiger partial charge in [0.1, 0.15) is 0 Å². The largest absolute Gasteiger partial charge is 0.321 e. The van der Waals surface area contributed by atoms with E-state index in [0.29, 0.717) is 5.92 Å². The van der Waals surface area contributed by atoms with Crippen molar-refractivity contribution in [3.05, 3.63) is 21.3 Å². The minimum atomic E-state index is -0.243. The van der Waals surface area contributed by atoms with Crippen LogP contribution in [0.2, 0.25) is 4.34 Å². The highest BCUT2D eigenvalue weighted by atomic mass is 35.5. The highest BCUT2D eigenvalue weighted by Crippen LogP contribution is 2.35. The standard InChI is InChI=1S/C10H16ClNS/c1-4-7(2)10(3,12)8-5-6-9(11)13-8/h5-7H,4,12H2,1-3H3. The Balaban J connectivity index is 2.92. The van der Waals surface area contributed by atoms with Gasteiger partial charge in [-0.15, -0.1) is 11.3 Å². The average molecular weight is 218 g/mol. The van der Waals surface area contributed by atoms with Gasteiger partial charge in [0, 0.05) is 4.88 Å². The second-order valence-electron chi connectivity index (χ2n) is 3.70. The van der Waals surface area contributed by atoms with E-state index in [1.807, 2.05) is 12.1 Å². The summed E-state index contributed by atoms with van der Waals surface area (Å²) in [5.74, 6) is 0.474. The number of thiophene rings is 1. The van der Waals surface area contributed by atoms with Crippen LogP contribution >= 0.6 is 22.9 Å². The van der Waals surface area contributed by atoms with Gasteiger partial charge in [0.15, 0.2) is 0 Å². The molecule has 1 rings (SSSR count). The topological polar surface area (TPSA) is 26.0 Å². The Kier molecular flexibility index (Phi) is 3.38. The smallest absolute Gasteiger partial charge is 0.0931 e. The monoisotopic (exact) mass is 217 g/mol. The van der Waals surface area contributed by atoms with Crippen molar-refractivity contribution in [2.45, 2.75) is 32.7 Å². The van der Waals surface area contributed by atoms with E-state index in [2.05, 4.69) is 20.8 Å². The molecule has 1 aromatic rings. The molecule has 2 unspecified atom stereocenters. The summed E-state index contributed by atoms with van der Waals surface area (Å²) < 4.78 is 0.815. The van der Waals surface area contributed by atoms with Crippen LogP contribution in [-0.4, -0.2) is 0 Å². The van der Waals surface area contributed by atoms with Crippen molar-refractivity contribution < 1.29 is 0 Å². The third-order valence-electron chi connectivity index (χ3n) is 2.74. The lowest BCUT2D eigenvalue weighted by Gasteiger charge is -2.29. The van der Waals surface area contributed by atoms with Gasteiger partial charge in [-0.2, -0.15) is 0 Å². The number of halogens is 1. The molecular formula is C10H16ClNS. The Hall–Kier alpha value is -0.0500. The first-order chi connectivity index (χ1) is 5.98. The van der Waals surface area contributed by atoms with Gasteiger partial charge in [-0.3, -0.25) is 0 Å². The summed E-state index contributed by atoms with van der Waals surface area (Å²) in [4.78, 5) is 1.17. The summed E-state index contributed by atoms with van der Waals surface area (Å²) in [6.45, 7) is 6.40. The van der Waals surface area contributed by atoms with Crippen LogP contribution in [-0.2, 0) is 5.54 Å². The van der Waals surface area contributed by atoms with Gasteiger partial charge >= 0.3 is 0 Å². The molecule has 0 aliphatic carbocycles. The van der Waals surface area contributed by atoms with Gasteiger partial charge in [0.2, 0.25) is 0 Å². The lowest BCUT2D eigenvalue weighted by molar-refractivity contribution is 0.322. The van der Waals surface area contributed by atoms with Gasteiger partial charge in [-0.25, -0.2) is 0 Å². The number of rotatable bonds is 3. The summed E-state index contributed by atoms with van der Waals surface area (Å²) >= 11 is 7.46. The Morgan fingerprint density at radius 3 is 2.62 bits per heavy atom. The molecule has 0 fully saturated rings. The molecule has 0 saturated heterocycles. The molecule has 1 heterocycles. The Bertz CT molecular complexity index is 280. The summed E-state index contributed by atoms with van der Waals surface area (Å²) in [7, 11) is 0. The number of hydrogen-bond acceptors (Lipinski definition) is 2. The third-order valence-corrected chi connectivity index (χ3v) is 4.22. The van der Waals surface area contributed by atoms with E-state index in [1.54, 1.807) is 11.3 Å². The molecule has 2 atom stereocenters. The van der Waals surface area contributed by atoms with Gasteiger partial charge in [-0.1, -0.05) is 31.9 Å². The van der Waals surface area contributed by atoms with Gasteiger partial charge in [0.05, 0.1) is 9.88 Å². The van der Waals surface area contributed by atoms with E-state index in [0.717, 1.165) is 10.8 Å². The van der Waals surface area contributed by atoms with Crippen molar-refractivity contribution in [2.75, 3.05) is 0 Å². The molecule has 3 heteroatoms. The van der Waals surface area contributed by atoms with Crippen LogP contribution in [0.1, 0.15) is 32.1 Å². The van der Waals surface area contributed by atoms with Crippen LogP contribution in [0.5, 0.6) is 0 Å². The van der Waals surface area contributed by atoms with Crippen molar-refractivity contribution in [1.82, 2.24) is 0 Å². The summed E-state index contributed by atoms with van der Waals surface area (Å²) in [6, 6.07) is 3.94. The van der Waals surface area contributed by atoms with Gasteiger partial charge in [0.25, 0.3) is 0 Å². The molecule has 0 aliphatic heterocycles. The predicted octanol–water partition coefficient (Wildman–Crippen LogP) is 3.62. The minimum Gasteiger partial charge on any atom is -0.321 e. The quantitative estimate of drug-likeness (QED) is 0.823. The fourth-order valence-electron chi connectivity index (χ4n) is 1.27. The SMILES string of the molecule is CCC(C)C(C)(N)c1ccc(Cl)s1. The summed E-state index contributed by atoms with van der Waals surface area (Å²) in [5.41, 5.74) is 6.01. The molecule has 74 valence electrons. The van der Waals surface area contributed by atoms with Crippen LogP contribution in [0.25, 0.3) is 0 Å². The Morgan fingerprint density at radius 1 is 1.62 bits per heavy atom. The highest BCUT2D eigenvalue weighted by Gasteiger charge is 2.28. The first kappa shape index (κ1) is 11.0. The fraction of sp³-hybridized carbons (Fsp3) is 0.600. The zero-order valence-corrected chi connectivity index (χ0v) is 9.88. The lowest BCUT2D eigenvalue weighted by Crippen LogP contribution is -2.38. The molecule has 0 saturated carbocycles. The van der Waals surface area contributed by atoms with Gasteiger partial charge < -0.3 is 5.73 Å². The second-order valence-corrected chi connectivity index (χ2v) is 5.41. The van der Waals surface area contributed by atoms with Crippen molar-refractivity contribution in [2.24, 2.45) is 11.7 Å². The molecule has 0 bridgehead atoms. The molecule has 0 spiro atoms. The molecule has 1 aromatic heterocycles. The molecule has 1 nitrogen and oxygen atoms in total. The van der Waals surface area contributed by atoms with E-state index in [-0.39, 0.29) is 5.54 Å². The van der Waals surface area contributed by atoms with Crippen LogP contribution < -0.4 is 5.73 Å². The van der Waals surface area contributed by atoms with E-state index in [4.69, 9.17) is 17.3 Å². The molecule has 0 radical (unpaired) electrons. The second kappa shape index (κ2) is 3.99. The predicted molar refractivity (Wildman–Crippen MR) is 60.3 cm³/mol. The first-order valence-corrected chi connectivity index (χ1v) is 5.72. The Labute approximate surface area is 88.9 Å². The molecule has 2 N–H and O–H groups in total. The fourth-order valence-corrected chi connectivity index (χ4v) is 2.49.